The molecule has 1 aliphatic rings. The molecule has 3 atom stereocenters. The van der Waals surface area contributed by atoms with Gasteiger partial charge in [-0.1, -0.05) is 0 Å². The summed E-state index contributed by atoms with van der Waals surface area (Å²) in [5.74, 6) is 0.692. The van der Waals surface area contributed by atoms with Crippen LogP contribution in [0.4, 0.5) is 5.82 Å². The van der Waals surface area contributed by atoms with E-state index >= 15 is 0 Å². The Morgan fingerprint density at radius 3 is 2.70 bits per heavy atom. The number of hydrogen-bond donors (Lipinski definition) is 3. The number of aliphatic hydroxyl groups excluding tert-OH is 2. The molecule has 0 spiro atoms. The van der Waals surface area contributed by atoms with Crippen molar-refractivity contribution in [1.29, 1.82) is 0 Å². The summed E-state index contributed by atoms with van der Waals surface area (Å²) in [4.78, 5) is 12.5. The first kappa shape index (κ1) is 13.3. The first-order valence-electron chi connectivity index (χ1n) is 6.89. The third kappa shape index (κ3) is 2.12. The number of imidazole rings is 1. The van der Waals surface area contributed by atoms with E-state index < -0.39 is 0 Å². The second-order valence-corrected chi connectivity index (χ2v) is 5.44. The summed E-state index contributed by atoms with van der Waals surface area (Å²) in [5.41, 5.74) is 7.16. The van der Waals surface area contributed by atoms with Gasteiger partial charge in [0, 0.05) is 19.3 Å². The molecule has 108 valence electrons. The van der Waals surface area contributed by atoms with Crippen molar-refractivity contribution < 1.29 is 10.2 Å². The molecule has 0 radical (unpaired) electrons. The molecule has 0 amide bonds. The van der Waals surface area contributed by atoms with Crippen molar-refractivity contribution in [3.63, 3.8) is 0 Å². The lowest BCUT2D eigenvalue weighted by Crippen LogP contribution is -2.31. The van der Waals surface area contributed by atoms with Gasteiger partial charge in [-0.3, -0.25) is 0 Å². The van der Waals surface area contributed by atoms with Crippen LogP contribution in [0.3, 0.4) is 0 Å². The van der Waals surface area contributed by atoms with Crippen LogP contribution in [-0.2, 0) is 0 Å². The van der Waals surface area contributed by atoms with Crippen molar-refractivity contribution in [2.45, 2.75) is 25.3 Å². The smallest absolute Gasteiger partial charge is 0.165 e. The number of aliphatic hydroxyl groups is 2. The molecule has 7 heteroatoms. The van der Waals surface area contributed by atoms with Gasteiger partial charge in [-0.05, 0) is 31.1 Å². The van der Waals surface area contributed by atoms with E-state index in [9.17, 15) is 10.2 Å². The topological polar surface area (TPSA) is 110 Å². The van der Waals surface area contributed by atoms with Crippen LogP contribution in [-0.4, -0.2) is 42.9 Å². The van der Waals surface area contributed by atoms with Crippen LogP contribution >= 0.6 is 0 Å². The number of nitrogens with two attached hydrogens (primary N) is 1. The minimum absolute atomic E-state index is 0.103. The molecule has 20 heavy (non-hydrogen) atoms. The highest BCUT2D eigenvalue weighted by Crippen LogP contribution is 2.37. The molecule has 0 aromatic carbocycles. The zero-order valence-corrected chi connectivity index (χ0v) is 11.2. The predicted octanol–water partition coefficient (Wildman–Crippen LogP) is 0.350. The second kappa shape index (κ2) is 5.34. The highest BCUT2D eigenvalue weighted by atomic mass is 16.3. The minimum Gasteiger partial charge on any atom is -0.396 e. The van der Waals surface area contributed by atoms with Crippen LogP contribution in [0.25, 0.3) is 11.2 Å². The maximum atomic E-state index is 9.48. The summed E-state index contributed by atoms with van der Waals surface area (Å²) in [6, 6.07) is 0.231. The van der Waals surface area contributed by atoms with Gasteiger partial charge in [0.05, 0.1) is 6.33 Å². The third-order valence-electron chi connectivity index (χ3n) is 4.36. The van der Waals surface area contributed by atoms with Crippen LogP contribution < -0.4 is 5.73 Å². The molecule has 2 aromatic rings. The molecule has 0 unspecified atom stereocenters. The van der Waals surface area contributed by atoms with E-state index in [1.54, 1.807) is 6.33 Å². The van der Waals surface area contributed by atoms with Gasteiger partial charge in [-0.15, -0.1) is 0 Å². The lowest BCUT2D eigenvalue weighted by atomic mass is 9.77. The standard InChI is InChI=1S/C13H19N5O2/c14-12-11-13(16-6-15-12)18(7-17-11)10-2-1-8(4-19)9(3-10)5-20/h6-10,19-20H,1-5H2,(H2,14,15,16)/t8-,9-,10-/m1/s1. The lowest BCUT2D eigenvalue weighted by molar-refractivity contribution is 0.0678. The molecular weight excluding hydrogens is 258 g/mol. The molecule has 4 N–H and O–H groups in total. The number of nitrogen functional groups attached to an aromatic ring is 1. The first-order chi connectivity index (χ1) is 9.74. The number of rotatable bonds is 3. The molecular formula is C13H19N5O2. The van der Waals surface area contributed by atoms with Crippen LogP contribution in [0.5, 0.6) is 0 Å². The minimum atomic E-state index is 0.103. The van der Waals surface area contributed by atoms with Crippen molar-refractivity contribution in [3.05, 3.63) is 12.7 Å². The van der Waals surface area contributed by atoms with Crippen LogP contribution in [0, 0.1) is 11.8 Å². The Bertz CT molecular complexity index is 599. The first-order valence-corrected chi connectivity index (χ1v) is 6.89. The number of nitrogens with zero attached hydrogens (tertiary/aromatic N) is 4. The Balaban J connectivity index is 1.90. The van der Waals surface area contributed by atoms with E-state index in [0.717, 1.165) is 24.9 Å². The Morgan fingerprint density at radius 1 is 1.15 bits per heavy atom. The second-order valence-electron chi connectivity index (χ2n) is 5.44. The quantitative estimate of drug-likeness (QED) is 0.746. The van der Waals surface area contributed by atoms with Gasteiger partial charge in [-0.25, -0.2) is 15.0 Å². The summed E-state index contributed by atoms with van der Waals surface area (Å²) in [7, 11) is 0. The fraction of sp³-hybridized carbons (Fsp3) is 0.615. The van der Waals surface area contributed by atoms with Crippen molar-refractivity contribution in [2.24, 2.45) is 11.8 Å². The van der Waals surface area contributed by atoms with E-state index in [1.807, 2.05) is 4.57 Å². The number of anilines is 1. The van der Waals surface area contributed by atoms with Gasteiger partial charge < -0.3 is 20.5 Å². The van der Waals surface area contributed by atoms with Crippen molar-refractivity contribution in [3.8, 4) is 0 Å². The van der Waals surface area contributed by atoms with Gasteiger partial charge in [0.1, 0.15) is 11.8 Å². The summed E-state index contributed by atoms with van der Waals surface area (Å²) in [6.45, 7) is 0.239. The van der Waals surface area contributed by atoms with Crippen LogP contribution in [0.2, 0.25) is 0 Å². The van der Waals surface area contributed by atoms with E-state index in [2.05, 4.69) is 15.0 Å². The molecule has 0 aliphatic heterocycles. The fourth-order valence-electron chi connectivity index (χ4n) is 3.16. The van der Waals surface area contributed by atoms with Crippen molar-refractivity contribution >= 4 is 17.0 Å². The summed E-state index contributed by atoms with van der Waals surface area (Å²) >= 11 is 0. The van der Waals surface area contributed by atoms with E-state index in [-0.39, 0.29) is 31.1 Å². The highest BCUT2D eigenvalue weighted by Gasteiger charge is 2.31. The molecule has 1 aliphatic carbocycles. The SMILES string of the molecule is Nc1ncnc2c1ncn2[C@@H]1CC[C@H](CO)[C@@H](CO)C1. The number of hydrogen-bond acceptors (Lipinski definition) is 6. The van der Waals surface area contributed by atoms with Gasteiger partial charge in [0.15, 0.2) is 11.5 Å². The molecule has 2 heterocycles. The molecule has 7 nitrogen and oxygen atoms in total. The Kier molecular flexibility index (Phi) is 3.54. The molecule has 1 fully saturated rings. The normalized spacial score (nSPS) is 27.0. The molecule has 0 saturated heterocycles. The molecule has 3 rings (SSSR count). The van der Waals surface area contributed by atoms with Crippen molar-refractivity contribution in [2.75, 3.05) is 18.9 Å². The van der Waals surface area contributed by atoms with Crippen molar-refractivity contribution in [1.82, 2.24) is 19.5 Å². The average molecular weight is 277 g/mol. The summed E-state index contributed by atoms with van der Waals surface area (Å²) in [5, 5.41) is 18.8. The zero-order chi connectivity index (χ0) is 14.1. The van der Waals surface area contributed by atoms with Crippen LogP contribution in [0.1, 0.15) is 25.3 Å². The predicted molar refractivity (Wildman–Crippen MR) is 73.8 cm³/mol. The van der Waals surface area contributed by atoms with Gasteiger partial charge in [0.2, 0.25) is 0 Å². The fourth-order valence-corrected chi connectivity index (χ4v) is 3.16. The molecule has 2 aromatic heterocycles. The van der Waals surface area contributed by atoms with E-state index in [1.165, 1.54) is 6.33 Å². The Hall–Kier alpha value is -1.73. The molecule has 0 bridgehead atoms. The summed E-state index contributed by atoms with van der Waals surface area (Å²) < 4.78 is 2.02. The lowest BCUT2D eigenvalue weighted by Gasteiger charge is -2.34. The highest BCUT2D eigenvalue weighted by molar-refractivity contribution is 5.81. The van der Waals surface area contributed by atoms with E-state index in [0.29, 0.717) is 11.3 Å². The zero-order valence-electron chi connectivity index (χ0n) is 11.2. The van der Waals surface area contributed by atoms with Gasteiger partial charge in [-0.2, -0.15) is 0 Å². The van der Waals surface area contributed by atoms with Crippen LogP contribution in [0.15, 0.2) is 12.7 Å². The largest absolute Gasteiger partial charge is 0.396 e. The molecule has 1 saturated carbocycles. The Morgan fingerprint density at radius 2 is 1.95 bits per heavy atom. The maximum absolute atomic E-state index is 9.48. The summed E-state index contributed by atoms with van der Waals surface area (Å²) in [6.07, 6.45) is 5.84. The average Bonchev–Trinajstić information content (AvgIpc) is 2.92. The maximum Gasteiger partial charge on any atom is 0.165 e. The number of aromatic nitrogens is 4. The van der Waals surface area contributed by atoms with Gasteiger partial charge >= 0.3 is 0 Å². The van der Waals surface area contributed by atoms with Gasteiger partial charge in [0.25, 0.3) is 0 Å². The monoisotopic (exact) mass is 277 g/mol. The van der Waals surface area contributed by atoms with E-state index in [4.69, 9.17) is 5.73 Å². The Labute approximate surface area is 116 Å². The third-order valence-corrected chi connectivity index (χ3v) is 4.36. The number of fused-ring (bicyclic) bond motifs is 1.